The van der Waals surface area contributed by atoms with E-state index in [0.717, 1.165) is 25.8 Å². The predicted molar refractivity (Wildman–Crippen MR) is 159 cm³/mol. The minimum Gasteiger partial charge on any atom is -0.468 e. The Morgan fingerprint density at radius 2 is 1.24 bits per heavy atom. The van der Waals surface area contributed by atoms with Crippen molar-refractivity contribution in [3.8, 4) is 0 Å². The number of benzene rings is 4. The Hall–Kier alpha value is -3.88. The molecule has 6 nitrogen and oxygen atoms in total. The lowest BCUT2D eigenvalue weighted by Crippen LogP contribution is -2.53. The molecule has 1 heterocycles. The summed E-state index contributed by atoms with van der Waals surface area (Å²) in [6.45, 7) is 0. The van der Waals surface area contributed by atoms with Crippen molar-refractivity contribution in [3.05, 3.63) is 129 Å². The van der Waals surface area contributed by atoms with E-state index in [4.69, 9.17) is 19.9 Å². The molecule has 0 atom stereocenters. The first kappa shape index (κ1) is 25.8. The van der Waals surface area contributed by atoms with Crippen molar-refractivity contribution < 1.29 is 9.53 Å². The highest BCUT2D eigenvalue weighted by Gasteiger charge is 2.52. The van der Waals surface area contributed by atoms with E-state index in [9.17, 15) is 4.79 Å². The van der Waals surface area contributed by atoms with E-state index in [-0.39, 0.29) is 0 Å². The zero-order chi connectivity index (χ0) is 26.5. The highest BCUT2D eigenvalue weighted by atomic mass is 79.9. The number of nitrogens with zero attached hydrogens (tertiary/aromatic N) is 4. The van der Waals surface area contributed by atoms with Gasteiger partial charge in [-0.3, -0.25) is 9.79 Å². The fourth-order valence-electron chi connectivity index (χ4n) is 4.16. The number of anilines is 1. The number of hydrazone groups is 2. The normalized spacial score (nSPS) is 14.7. The minimum absolute atomic E-state index is 0.447. The first-order valence-electron chi connectivity index (χ1n) is 11.7. The van der Waals surface area contributed by atoms with E-state index in [1.54, 1.807) is 11.3 Å². The molecule has 0 aliphatic carbocycles. The average Bonchev–Trinajstić information content (AvgIpc) is 2.97. The van der Waals surface area contributed by atoms with Gasteiger partial charge in [-0.25, -0.2) is 0 Å². The third kappa shape index (κ3) is 5.10. The van der Waals surface area contributed by atoms with Gasteiger partial charge in [0, 0.05) is 15.2 Å². The van der Waals surface area contributed by atoms with Gasteiger partial charge in [-0.05, 0) is 59.7 Å². The van der Waals surface area contributed by atoms with Crippen LogP contribution >= 0.6 is 31.9 Å². The molecule has 0 N–H and O–H groups in total. The second-order valence-corrected chi connectivity index (χ2v) is 10.3. The van der Waals surface area contributed by atoms with Gasteiger partial charge in [0.15, 0.2) is 5.41 Å². The van der Waals surface area contributed by atoms with E-state index in [1.165, 1.54) is 7.11 Å². The molecule has 0 saturated heterocycles. The number of hydrogen-bond donors (Lipinski definition) is 0. The second-order valence-electron chi connectivity index (χ2n) is 8.43. The van der Waals surface area contributed by atoms with Crippen molar-refractivity contribution in [1.82, 2.24) is 0 Å². The number of carbonyl (C=O) groups is 1. The molecule has 1 aliphatic rings. The summed E-state index contributed by atoms with van der Waals surface area (Å²) in [5, 5.41) is 11.4. The van der Waals surface area contributed by atoms with Gasteiger partial charge in [0.25, 0.3) is 0 Å². The van der Waals surface area contributed by atoms with Gasteiger partial charge in [-0.2, -0.15) is 15.3 Å². The van der Waals surface area contributed by atoms with E-state index in [2.05, 4.69) is 31.9 Å². The molecule has 4 aromatic rings. The molecule has 0 spiro atoms. The van der Waals surface area contributed by atoms with Gasteiger partial charge >= 0.3 is 5.97 Å². The lowest BCUT2D eigenvalue weighted by Gasteiger charge is -2.35. The number of aliphatic imine (C=N–C) groups is 1. The molecule has 0 radical (unpaired) electrons. The zero-order valence-corrected chi connectivity index (χ0v) is 23.5. The Labute approximate surface area is 237 Å². The maximum Gasteiger partial charge on any atom is 0.329 e. The summed E-state index contributed by atoms with van der Waals surface area (Å²) in [5.74, 6) is -0.543. The van der Waals surface area contributed by atoms with Crippen molar-refractivity contribution in [1.29, 1.82) is 0 Å². The number of hydrogen-bond acceptors (Lipinski definition) is 6. The van der Waals surface area contributed by atoms with Crippen LogP contribution in [0.5, 0.6) is 0 Å². The molecule has 188 valence electrons. The molecule has 0 unspecified atom stereocenters. The standard InChI is InChI=1S/C30H22Br2N4O2/c1-38-29(37)30(20-33-25-16-12-23(31)13-17-25)27(21-8-4-2-5-9-21)34-36(26-18-14-24(32)15-19-26)35-28(30)22-10-6-3-7-11-22/h2-20H,1H3. The number of ether oxygens (including phenoxy) is 1. The van der Waals surface area contributed by atoms with Gasteiger partial charge in [-0.15, -0.1) is 0 Å². The summed E-state index contributed by atoms with van der Waals surface area (Å²) in [7, 11) is 1.36. The van der Waals surface area contributed by atoms with Crippen LogP contribution in [-0.4, -0.2) is 30.7 Å². The third-order valence-electron chi connectivity index (χ3n) is 6.03. The minimum atomic E-state index is -1.53. The molecule has 5 rings (SSSR count). The SMILES string of the molecule is COC(=O)C1(C=Nc2ccc(Br)cc2)C(c2ccccc2)=NN(c2ccc(Br)cc2)N=C1c1ccccc1. The Morgan fingerprint density at radius 3 is 1.71 bits per heavy atom. The van der Waals surface area contributed by atoms with Crippen molar-refractivity contribution in [2.75, 3.05) is 12.2 Å². The maximum absolute atomic E-state index is 13.9. The van der Waals surface area contributed by atoms with Crippen LogP contribution in [0.25, 0.3) is 0 Å². The van der Waals surface area contributed by atoms with E-state index < -0.39 is 11.4 Å². The maximum atomic E-state index is 13.9. The Kier molecular flexibility index (Phi) is 7.62. The van der Waals surface area contributed by atoms with Crippen LogP contribution in [0.4, 0.5) is 11.4 Å². The molecular weight excluding hydrogens is 608 g/mol. The first-order valence-corrected chi connectivity index (χ1v) is 13.3. The van der Waals surface area contributed by atoms with Crippen LogP contribution in [0.15, 0.2) is 133 Å². The fraction of sp³-hybridized carbons (Fsp3) is 0.0667. The van der Waals surface area contributed by atoms with Gasteiger partial charge in [0.1, 0.15) is 0 Å². The number of esters is 1. The number of carbonyl (C=O) groups excluding carboxylic acids is 1. The number of halogens is 2. The molecule has 0 aromatic heterocycles. The van der Waals surface area contributed by atoms with Gasteiger partial charge in [0.05, 0.1) is 29.9 Å². The molecule has 38 heavy (non-hydrogen) atoms. The largest absolute Gasteiger partial charge is 0.468 e. The molecule has 8 heteroatoms. The highest BCUT2D eigenvalue weighted by Crippen LogP contribution is 2.36. The number of rotatable bonds is 6. The van der Waals surface area contributed by atoms with Gasteiger partial charge < -0.3 is 4.74 Å². The Bertz CT molecular complexity index is 1460. The fourth-order valence-corrected chi connectivity index (χ4v) is 4.69. The lowest BCUT2D eigenvalue weighted by atomic mass is 9.73. The molecule has 0 bridgehead atoms. The van der Waals surface area contributed by atoms with Crippen LogP contribution in [0.2, 0.25) is 0 Å². The van der Waals surface area contributed by atoms with Crippen molar-refractivity contribution in [2.45, 2.75) is 0 Å². The molecule has 0 amide bonds. The molecular formula is C30H22Br2N4O2. The van der Waals surface area contributed by atoms with Crippen LogP contribution in [0.3, 0.4) is 0 Å². The first-order chi connectivity index (χ1) is 18.5. The van der Waals surface area contributed by atoms with Crippen LogP contribution < -0.4 is 5.12 Å². The summed E-state index contributed by atoms with van der Waals surface area (Å²) in [4.78, 5) is 18.7. The van der Waals surface area contributed by atoms with Crippen molar-refractivity contribution in [2.24, 2.45) is 20.6 Å². The van der Waals surface area contributed by atoms with Gasteiger partial charge in [-0.1, -0.05) is 92.5 Å². The van der Waals surface area contributed by atoms with Crippen molar-refractivity contribution in [3.63, 3.8) is 0 Å². The summed E-state index contributed by atoms with van der Waals surface area (Å²) in [5.41, 5.74) is 2.25. The van der Waals surface area contributed by atoms with E-state index in [0.29, 0.717) is 17.1 Å². The summed E-state index contributed by atoms with van der Waals surface area (Å²) in [6.07, 6.45) is 1.60. The van der Waals surface area contributed by atoms with Crippen LogP contribution in [0, 0.1) is 5.41 Å². The zero-order valence-electron chi connectivity index (χ0n) is 20.3. The quantitative estimate of drug-likeness (QED) is 0.165. The molecule has 0 fully saturated rings. The smallest absolute Gasteiger partial charge is 0.329 e. The van der Waals surface area contributed by atoms with Gasteiger partial charge in [0.2, 0.25) is 0 Å². The van der Waals surface area contributed by atoms with E-state index >= 15 is 0 Å². The predicted octanol–water partition coefficient (Wildman–Crippen LogP) is 7.40. The van der Waals surface area contributed by atoms with Crippen molar-refractivity contribution >= 4 is 66.8 Å². The summed E-state index contributed by atoms with van der Waals surface area (Å²) >= 11 is 6.95. The third-order valence-corrected chi connectivity index (χ3v) is 7.09. The lowest BCUT2D eigenvalue weighted by molar-refractivity contribution is -0.142. The monoisotopic (exact) mass is 628 g/mol. The molecule has 4 aromatic carbocycles. The van der Waals surface area contributed by atoms with Crippen LogP contribution in [-0.2, 0) is 9.53 Å². The topological polar surface area (TPSA) is 66.6 Å². The molecule has 1 aliphatic heterocycles. The van der Waals surface area contributed by atoms with Crippen LogP contribution in [0.1, 0.15) is 11.1 Å². The number of methoxy groups -OCH3 is 1. The summed E-state index contributed by atoms with van der Waals surface area (Å²) < 4.78 is 7.30. The summed E-state index contributed by atoms with van der Waals surface area (Å²) in [6, 6.07) is 34.3. The highest BCUT2D eigenvalue weighted by molar-refractivity contribution is 9.10. The molecule has 0 saturated carbocycles. The second kappa shape index (κ2) is 11.2. The average molecular weight is 630 g/mol. The van der Waals surface area contributed by atoms with E-state index in [1.807, 2.05) is 109 Å². The Balaban J connectivity index is 1.80. The Morgan fingerprint density at radius 1 is 0.763 bits per heavy atom.